The van der Waals surface area contributed by atoms with Crippen molar-refractivity contribution in [3.63, 3.8) is 0 Å². The van der Waals surface area contributed by atoms with Crippen molar-refractivity contribution in [1.82, 2.24) is 15.4 Å². The molecule has 0 spiro atoms. The molecular weight excluding hydrogens is 358 g/mol. The lowest BCUT2D eigenvalue weighted by atomic mass is 10.2. The zero-order valence-corrected chi connectivity index (χ0v) is 13.9. The van der Waals surface area contributed by atoms with Crippen LogP contribution in [-0.4, -0.2) is 21.3 Å². The number of anilines is 3. The minimum atomic E-state index is -0.346. The predicted octanol–water partition coefficient (Wildman–Crippen LogP) is 3.87. The second-order valence-electron chi connectivity index (χ2n) is 4.95. The van der Waals surface area contributed by atoms with Crippen molar-refractivity contribution >= 4 is 39.0 Å². The van der Waals surface area contributed by atoms with Gasteiger partial charge in [-0.1, -0.05) is 24.3 Å². The van der Waals surface area contributed by atoms with Gasteiger partial charge in [0.25, 0.3) is 5.91 Å². The number of hydrogen-bond donors (Lipinski definition) is 3. The van der Waals surface area contributed by atoms with E-state index in [1.54, 1.807) is 0 Å². The molecule has 3 rings (SSSR count). The zero-order valence-electron chi connectivity index (χ0n) is 12.3. The van der Waals surface area contributed by atoms with Crippen LogP contribution in [0.3, 0.4) is 0 Å². The number of aromatic nitrogens is 3. The molecule has 0 unspecified atom stereocenters. The molecule has 3 N–H and O–H groups in total. The quantitative estimate of drug-likeness (QED) is 0.649. The Morgan fingerprint density at radius 1 is 1.13 bits per heavy atom. The first-order valence-electron chi connectivity index (χ1n) is 6.94. The minimum Gasteiger partial charge on any atom is -0.337 e. The van der Waals surface area contributed by atoms with E-state index < -0.39 is 0 Å². The van der Waals surface area contributed by atoms with Gasteiger partial charge in [-0.2, -0.15) is 5.21 Å². The molecule has 3 aromatic rings. The molecule has 0 aliphatic heterocycles. The van der Waals surface area contributed by atoms with Crippen molar-refractivity contribution in [1.29, 1.82) is 0 Å². The van der Waals surface area contributed by atoms with E-state index in [1.807, 2.05) is 55.5 Å². The summed E-state index contributed by atoms with van der Waals surface area (Å²) in [4.78, 5) is 12.4. The van der Waals surface area contributed by atoms with Crippen LogP contribution in [-0.2, 0) is 0 Å². The standard InChI is InChI=1S/C16H14BrN5O/c1-10-7-8-13(12(17)9-10)19-16(23)14-15(21-22-20-14)18-11-5-3-2-4-6-11/h2-9H,1H3,(H,19,23)(H2,18,20,21,22). The first-order valence-corrected chi connectivity index (χ1v) is 7.73. The maximum Gasteiger partial charge on any atom is 0.280 e. The molecule has 6 nitrogen and oxygen atoms in total. The van der Waals surface area contributed by atoms with E-state index in [0.717, 1.165) is 15.7 Å². The van der Waals surface area contributed by atoms with E-state index in [9.17, 15) is 4.79 Å². The fraction of sp³-hybridized carbons (Fsp3) is 0.0625. The highest BCUT2D eigenvalue weighted by Gasteiger charge is 2.17. The minimum absolute atomic E-state index is 0.196. The van der Waals surface area contributed by atoms with Crippen molar-refractivity contribution in [2.24, 2.45) is 0 Å². The lowest BCUT2D eigenvalue weighted by molar-refractivity contribution is 0.102. The summed E-state index contributed by atoms with van der Waals surface area (Å²) in [6.07, 6.45) is 0. The summed E-state index contributed by atoms with van der Waals surface area (Å²) >= 11 is 3.44. The second kappa shape index (κ2) is 6.62. The van der Waals surface area contributed by atoms with Gasteiger partial charge in [-0.15, -0.1) is 10.2 Å². The summed E-state index contributed by atoms with van der Waals surface area (Å²) < 4.78 is 0.812. The number of benzene rings is 2. The fourth-order valence-corrected chi connectivity index (χ4v) is 2.63. The Morgan fingerprint density at radius 2 is 1.91 bits per heavy atom. The number of carbonyl (C=O) groups is 1. The molecule has 0 saturated heterocycles. The van der Waals surface area contributed by atoms with Crippen LogP contribution >= 0.6 is 15.9 Å². The van der Waals surface area contributed by atoms with Crippen LogP contribution in [0, 0.1) is 6.92 Å². The number of nitrogens with one attached hydrogen (secondary N) is 3. The molecule has 1 heterocycles. The third-order valence-corrected chi connectivity index (χ3v) is 3.83. The number of para-hydroxylation sites is 1. The molecule has 0 saturated carbocycles. The molecule has 2 aromatic carbocycles. The first kappa shape index (κ1) is 15.2. The Bertz CT molecular complexity index is 831. The number of aryl methyl sites for hydroxylation is 1. The molecule has 1 amide bonds. The van der Waals surface area contributed by atoms with Crippen LogP contribution in [0.25, 0.3) is 0 Å². The number of aromatic amines is 1. The Hall–Kier alpha value is -2.67. The van der Waals surface area contributed by atoms with Gasteiger partial charge in [0.05, 0.1) is 5.69 Å². The average molecular weight is 372 g/mol. The highest BCUT2D eigenvalue weighted by atomic mass is 79.9. The maximum absolute atomic E-state index is 12.4. The molecule has 0 radical (unpaired) electrons. The molecule has 23 heavy (non-hydrogen) atoms. The van der Waals surface area contributed by atoms with Crippen LogP contribution < -0.4 is 10.6 Å². The largest absolute Gasteiger partial charge is 0.337 e. The summed E-state index contributed by atoms with van der Waals surface area (Å²) in [5.41, 5.74) is 2.80. The lowest BCUT2D eigenvalue weighted by Gasteiger charge is -2.08. The first-order chi connectivity index (χ1) is 11.1. The third-order valence-electron chi connectivity index (χ3n) is 3.17. The fourth-order valence-electron chi connectivity index (χ4n) is 2.04. The van der Waals surface area contributed by atoms with Gasteiger partial charge < -0.3 is 10.6 Å². The van der Waals surface area contributed by atoms with E-state index >= 15 is 0 Å². The highest BCUT2D eigenvalue weighted by Crippen LogP contribution is 2.24. The van der Waals surface area contributed by atoms with Crippen molar-refractivity contribution in [2.45, 2.75) is 6.92 Å². The van der Waals surface area contributed by atoms with E-state index in [2.05, 4.69) is 42.0 Å². The van der Waals surface area contributed by atoms with Gasteiger partial charge in [0.15, 0.2) is 11.5 Å². The number of carbonyl (C=O) groups excluding carboxylic acids is 1. The maximum atomic E-state index is 12.4. The Labute approximate surface area is 141 Å². The van der Waals surface area contributed by atoms with Crippen molar-refractivity contribution < 1.29 is 4.79 Å². The van der Waals surface area contributed by atoms with Gasteiger partial charge in [-0.05, 0) is 52.7 Å². The van der Waals surface area contributed by atoms with Crippen molar-refractivity contribution in [3.8, 4) is 0 Å². The van der Waals surface area contributed by atoms with Crippen molar-refractivity contribution in [3.05, 3.63) is 64.3 Å². The van der Waals surface area contributed by atoms with Gasteiger partial charge in [0.2, 0.25) is 0 Å². The lowest BCUT2D eigenvalue weighted by Crippen LogP contribution is -2.14. The summed E-state index contributed by atoms with van der Waals surface area (Å²) in [6, 6.07) is 15.2. The summed E-state index contributed by atoms with van der Waals surface area (Å²) in [5, 5.41) is 16.3. The molecule has 0 bridgehead atoms. The number of nitrogens with zero attached hydrogens (tertiary/aromatic N) is 2. The number of hydrogen-bond acceptors (Lipinski definition) is 4. The van der Waals surface area contributed by atoms with Crippen LogP contribution in [0.2, 0.25) is 0 Å². The van der Waals surface area contributed by atoms with Crippen LogP contribution in [0.5, 0.6) is 0 Å². The van der Waals surface area contributed by atoms with Crippen LogP contribution in [0.4, 0.5) is 17.2 Å². The van der Waals surface area contributed by atoms with Gasteiger partial charge in [0, 0.05) is 10.2 Å². The zero-order chi connectivity index (χ0) is 16.2. The number of halogens is 1. The second-order valence-corrected chi connectivity index (χ2v) is 5.80. The van der Waals surface area contributed by atoms with E-state index in [4.69, 9.17) is 0 Å². The number of rotatable bonds is 4. The monoisotopic (exact) mass is 371 g/mol. The molecule has 116 valence electrons. The summed E-state index contributed by atoms with van der Waals surface area (Å²) in [7, 11) is 0. The number of amides is 1. The molecule has 0 atom stereocenters. The molecule has 0 aliphatic rings. The van der Waals surface area contributed by atoms with E-state index in [1.165, 1.54) is 0 Å². The Morgan fingerprint density at radius 3 is 2.65 bits per heavy atom. The van der Waals surface area contributed by atoms with Gasteiger partial charge >= 0.3 is 0 Å². The molecule has 0 fully saturated rings. The third kappa shape index (κ3) is 3.57. The number of H-pyrrole nitrogens is 1. The SMILES string of the molecule is Cc1ccc(NC(=O)c2n[nH]nc2Nc2ccccc2)c(Br)c1. The Balaban J connectivity index is 1.79. The van der Waals surface area contributed by atoms with Crippen LogP contribution in [0.1, 0.15) is 16.1 Å². The Kier molecular flexibility index (Phi) is 4.38. The summed E-state index contributed by atoms with van der Waals surface area (Å²) in [6.45, 7) is 1.98. The molecule has 7 heteroatoms. The van der Waals surface area contributed by atoms with Crippen LogP contribution in [0.15, 0.2) is 53.0 Å². The highest BCUT2D eigenvalue weighted by molar-refractivity contribution is 9.10. The molecule has 0 aliphatic carbocycles. The summed E-state index contributed by atoms with van der Waals surface area (Å²) in [5.74, 6) is 0.0265. The smallest absolute Gasteiger partial charge is 0.280 e. The van der Waals surface area contributed by atoms with E-state index in [-0.39, 0.29) is 11.6 Å². The topological polar surface area (TPSA) is 82.7 Å². The van der Waals surface area contributed by atoms with Gasteiger partial charge in [0.1, 0.15) is 0 Å². The molecule has 1 aromatic heterocycles. The average Bonchev–Trinajstić information content (AvgIpc) is 2.99. The van der Waals surface area contributed by atoms with Crippen molar-refractivity contribution in [2.75, 3.05) is 10.6 Å². The normalized spacial score (nSPS) is 10.3. The molecular formula is C16H14BrN5O. The van der Waals surface area contributed by atoms with Gasteiger partial charge in [-0.3, -0.25) is 4.79 Å². The van der Waals surface area contributed by atoms with E-state index in [0.29, 0.717) is 11.5 Å². The van der Waals surface area contributed by atoms with Gasteiger partial charge in [-0.25, -0.2) is 0 Å². The predicted molar refractivity (Wildman–Crippen MR) is 92.9 cm³/mol.